The molecule has 3 aromatic rings. The van der Waals surface area contributed by atoms with Crippen molar-refractivity contribution < 1.29 is 9.84 Å². The molecule has 1 saturated heterocycles. The zero-order valence-corrected chi connectivity index (χ0v) is 19.0. The summed E-state index contributed by atoms with van der Waals surface area (Å²) in [7, 11) is 0. The van der Waals surface area contributed by atoms with Crippen LogP contribution >= 0.6 is 0 Å². The fraction of sp³-hybridized carbons (Fsp3) is 0.423. The fourth-order valence-electron chi connectivity index (χ4n) is 5.56. The number of benzene rings is 1. The molecule has 8 nitrogen and oxygen atoms in total. The lowest BCUT2D eigenvalue weighted by atomic mass is 10.0. The lowest BCUT2D eigenvalue weighted by Gasteiger charge is -2.37. The van der Waals surface area contributed by atoms with Crippen LogP contribution in [0.1, 0.15) is 50.1 Å². The third kappa shape index (κ3) is 3.71. The Balaban J connectivity index is 1.29. The Bertz CT molecular complexity index is 1280. The minimum atomic E-state index is -0.968. The van der Waals surface area contributed by atoms with Gasteiger partial charge in [0.2, 0.25) is 5.95 Å². The van der Waals surface area contributed by atoms with Crippen molar-refractivity contribution in [3.8, 4) is 6.07 Å². The van der Waals surface area contributed by atoms with E-state index in [9.17, 15) is 10.4 Å². The van der Waals surface area contributed by atoms with E-state index in [2.05, 4.69) is 51.4 Å². The van der Waals surface area contributed by atoms with Gasteiger partial charge in [0.1, 0.15) is 5.82 Å². The molecule has 1 aromatic carbocycles. The van der Waals surface area contributed by atoms with Crippen molar-refractivity contribution in [1.29, 1.82) is 5.26 Å². The van der Waals surface area contributed by atoms with Crippen LogP contribution in [0.15, 0.2) is 42.2 Å². The second-order valence-corrected chi connectivity index (χ2v) is 9.37. The highest BCUT2D eigenvalue weighted by Crippen LogP contribution is 2.37. The van der Waals surface area contributed by atoms with Crippen molar-refractivity contribution in [2.24, 2.45) is 0 Å². The van der Waals surface area contributed by atoms with E-state index in [0.29, 0.717) is 23.4 Å². The van der Waals surface area contributed by atoms with Gasteiger partial charge < -0.3 is 24.6 Å². The molecule has 1 unspecified atom stereocenters. The van der Waals surface area contributed by atoms with E-state index in [0.717, 1.165) is 63.0 Å². The fourth-order valence-corrected chi connectivity index (χ4v) is 5.56. The third-order valence-electron chi connectivity index (χ3n) is 7.30. The Morgan fingerprint density at radius 3 is 2.71 bits per heavy atom. The molecule has 0 spiro atoms. The van der Waals surface area contributed by atoms with Gasteiger partial charge in [-0.25, -0.2) is 4.98 Å². The van der Waals surface area contributed by atoms with E-state index in [1.54, 1.807) is 12.3 Å². The third-order valence-corrected chi connectivity index (χ3v) is 7.30. The maximum absolute atomic E-state index is 10.9. The smallest absolute Gasteiger partial charge is 0.229 e. The van der Waals surface area contributed by atoms with Gasteiger partial charge in [-0.15, -0.1) is 0 Å². The maximum atomic E-state index is 10.9. The highest BCUT2D eigenvalue weighted by molar-refractivity contribution is 5.85. The van der Waals surface area contributed by atoms with Crippen LogP contribution in [-0.2, 0) is 4.74 Å². The molecule has 2 aromatic heterocycles. The molecule has 0 bridgehead atoms. The van der Waals surface area contributed by atoms with Crippen LogP contribution in [-0.4, -0.2) is 45.1 Å². The summed E-state index contributed by atoms with van der Waals surface area (Å²) in [5, 5.41) is 24.9. The van der Waals surface area contributed by atoms with Crippen LogP contribution in [0.25, 0.3) is 17.0 Å². The molecule has 1 aliphatic carbocycles. The number of nitrogens with zero attached hydrogens (tertiary/aromatic N) is 5. The molecule has 6 rings (SSSR count). The molecule has 3 aliphatic rings. The molecule has 174 valence electrons. The van der Waals surface area contributed by atoms with Gasteiger partial charge in [-0.05, 0) is 56.0 Å². The average molecular weight is 457 g/mol. The number of hydrogen-bond donors (Lipinski definition) is 2. The molecule has 0 amide bonds. The minimum Gasteiger partial charge on any atom is -0.381 e. The topological polar surface area (TPSA) is 99.2 Å². The lowest BCUT2D eigenvalue weighted by Crippen LogP contribution is -2.45. The Morgan fingerprint density at radius 2 is 1.91 bits per heavy atom. The molecule has 2 N–H and O–H groups in total. The van der Waals surface area contributed by atoms with Gasteiger partial charge in [-0.3, -0.25) is 0 Å². The van der Waals surface area contributed by atoms with Crippen molar-refractivity contribution in [2.75, 3.05) is 23.4 Å². The van der Waals surface area contributed by atoms with E-state index in [1.807, 2.05) is 4.90 Å². The van der Waals surface area contributed by atoms with Crippen molar-refractivity contribution in [1.82, 2.24) is 14.5 Å². The molecule has 2 aliphatic heterocycles. The standard InChI is InChI=1S/C26H28N6O2/c27-15-18-13-19-16-28-26(30-24(19)32(25(18)33)22-3-1-2-4-22)29-20-5-6-23-17(14-20)7-10-31(23)21-8-11-34-12-9-21/h5-7,10,13-14,16,21-22,25,33H,1-4,8-9,11-12H2,(H,28,29,30). The van der Waals surface area contributed by atoms with Crippen LogP contribution in [0.3, 0.4) is 0 Å². The highest BCUT2D eigenvalue weighted by atomic mass is 16.5. The number of aromatic nitrogens is 3. The molecule has 4 heterocycles. The predicted octanol–water partition coefficient (Wildman–Crippen LogP) is 4.51. The molecule has 2 fully saturated rings. The number of ether oxygens (including phenoxy) is 1. The second kappa shape index (κ2) is 8.75. The Labute approximate surface area is 198 Å². The van der Waals surface area contributed by atoms with E-state index in [-0.39, 0.29) is 6.04 Å². The molecular formula is C26H28N6O2. The predicted molar refractivity (Wildman–Crippen MR) is 131 cm³/mol. The largest absolute Gasteiger partial charge is 0.381 e. The minimum absolute atomic E-state index is 0.176. The maximum Gasteiger partial charge on any atom is 0.229 e. The molecular weight excluding hydrogens is 428 g/mol. The number of nitriles is 1. The van der Waals surface area contributed by atoms with E-state index in [1.165, 1.54) is 10.9 Å². The zero-order valence-electron chi connectivity index (χ0n) is 19.0. The summed E-state index contributed by atoms with van der Waals surface area (Å²) in [6.45, 7) is 1.63. The van der Waals surface area contributed by atoms with Crippen molar-refractivity contribution in [2.45, 2.75) is 56.8 Å². The molecule has 34 heavy (non-hydrogen) atoms. The summed E-state index contributed by atoms with van der Waals surface area (Å²) >= 11 is 0. The normalized spacial score (nSPS) is 21.4. The average Bonchev–Trinajstić information content (AvgIpc) is 3.54. The highest BCUT2D eigenvalue weighted by Gasteiger charge is 2.35. The summed E-state index contributed by atoms with van der Waals surface area (Å²) < 4.78 is 7.88. The van der Waals surface area contributed by atoms with Gasteiger partial charge in [0.05, 0.1) is 11.6 Å². The van der Waals surface area contributed by atoms with Crippen LogP contribution in [0.4, 0.5) is 17.5 Å². The van der Waals surface area contributed by atoms with Crippen LogP contribution in [0, 0.1) is 11.3 Å². The first kappa shape index (κ1) is 21.1. The van der Waals surface area contributed by atoms with Crippen LogP contribution in [0.2, 0.25) is 0 Å². The Morgan fingerprint density at radius 1 is 1.09 bits per heavy atom. The number of aliphatic hydroxyl groups excluding tert-OH is 1. The first-order chi connectivity index (χ1) is 16.7. The summed E-state index contributed by atoms with van der Waals surface area (Å²) in [6.07, 6.45) is 10.9. The molecule has 8 heteroatoms. The SMILES string of the molecule is N#CC1=Cc2cnc(Nc3ccc4c(ccn4C4CCOCC4)c3)nc2N(C2CCCC2)C1O. The van der Waals surface area contributed by atoms with Crippen LogP contribution < -0.4 is 10.2 Å². The zero-order chi connectivity index (χ0) is 23.1. The summed E-state index contributed by atoms with van der Waals surface area (Å²) in [5.41, 5.74) is 3.23. The van der Waals surface area contributed by atoms with Gasteiger partial charge in [-0.1, -0.05) is 12.8 Å². The van der Waals surface area contributed by atoms with Gasteiger partial charge in [0, 0.05) is 59.8 Å². The number of fused-ring (bicyclic) bond motifs is 2. The van der Waals surface area contributed by atoms with E-state index < -0.39 is 6.23 Å². The van der Waals surface area contributed by atoms with Crippen molar-refractivity contribution in [3.63, 3.8) is 0 Å². The number of anilines is 3. The second-order valence-electron chi connectivity index (χ2n) is 9.37. The van der Waals surface area contributed by atoms with Crippen molar-refractivity contribution >= 4 is 34.4 Å². The summed E-state index contributed by atoms with van der Waals surface area (Å²) in [4.78, 5) is 11.2. The first-order valence-electron chi connectivity index (χ1n) is 12.1. The Kier molecular flexibility index (Phi) is 5.44. The summed E-state index contributed by atoms with van der Waals surface area (Å²) in [6, 6.07) is 11.3. The van der Waals surface area contributed by atoms with E-state index in [4.69, 9.17) is 9.72 Å². The number of rotatable bonds is 4. The van der Waals surface area contributed by atoms with Gasteiger partial charge >= 0.3 is 0 Å². The number of hydrogen-bond acceptors (Lipinski definition) is 7. The first-order valence-corrected chi connectivity index (χ1v) is 12.1. The Hall–Kier alpha value is -3.41. The van der Waals surface area contributed by atoms with Gasteiger partial charge in [0.15, 0.2) is 6.23 Å². The summed E-state index contributed by atoms with van der Waals surface area (Å²) in [5.74, 6) is 1.16. The van der Waals surface area contributed by atoms with Gasteiger partial charge in [0.25, 0.3) is 0 Å². The van der Waals surface area contributed by atoms with Gasteiger partial charge in [-0.2, -0.15) is 10.2 Å². The molecule has 1 saturated carbocycles. The quantitative estimate of drug-likeness (QED) is 0.596. The number of aliphatic hydroxyl groups is 1. The monoisotopic (exact) mass is 456 g/mol. The molecule has 1 atom stereocenters. The van der Waals surface area contributed by atoms with Crippen LogP contribution in [0.5, 0.6) is 0 Å². The molecule has 0 radical (unpaired) electrons. The number of nitrogens with one attached hydrogen (secondary N) is 1. The lowest BCUT2D eigenvalue weighted by molar-refractivity contribution is 0.0707. The van der Waals surface area contributed by atoms with E-state index >= 15 is 0 Å². The van der Waals surface area contributed by atoms with Crippen molar-refractivity contribution in [3.05, 3.63) is 47.8 Å².